The monoisotopic (exact) mass is 372 g/mol. The van der Waals surface area contributed by atoms with E-state index in [-0.39, 0.29) is 18.4 Å². The maximum absolute atomic E-state index is 12.9. The molecule has 144 valence electrons. The van der Waals surface area contributed by atoms with Crippen LogP contribution in [0.15, 0.2) is 18.2 Å². The maximum Gasteiger partial charge on any atom is 0.262 e. The Kier molecular flexibility index (Phi) is 5.80. The maximum atomic E-state index is 12.9. The van der Waals surface area contributed by atoms with Crippen LogP contribution in [0.4, 0.5) is 5.95 Å². The molecule has 1 saturated carbocycles. The molecular formula is C18H24N6O3. The molecule has 0 atom stereocenters. The lowest BCUT2D eigenvalue weighted by Gasteiger charge is -2.32. The molecule has 0 aliphatic heterocycles. The van der Waals surface area contributed by atoms with Crippen LogP contribution in [0.3, 0.4) is 0 Å². The van der Waals surface area contributed by atoms with E-state index in [1.54, 1.807) is 0 Å². The van der Waals surface area contributed by atoms with Crippen molar-refractivity contribution in [1.29, 1.82) is 0 Å². The van der Waals surface area contributed by atoms with Gasteiger partial charge in [-0.2, -0.15) is 0 Å². The van der Waals surface area contributed by atoms with Gasteiger partial charge in [0.1, 0.15) is 5.52 Å². The molecule has 0 unspecified atom stereocenters. The van der Waals surface area contributed by atoms with Gasteiger partial charge in [-0.25, -0.2) is 10.0 Å². The lowest BCUT2D eigenvalue weighted by molar-refractivity contribution is -0.161. The summed E-state index contributed by atoms with van der Waals surface area (Å²) in [5.41, 5.74) is 6.90. The van der Waals surface area contributed by atoms with Gasteiger partial charge in [0.2, 0.25) is 12.3 Å². The van der Waals surface area contributed by atoms with Gasteiger partial charge >= 0.3 is 0 Å². The fourth-order valence-electron chi connectivity index (χ4n) is 3.55. The second kappa shape index (κ2) is 8.26. The van der Waals surface area contributed by atoms with E-state index >= 15 is 0 Å². The van der Waals surface area contributed by atoms with E-state index in [0.717, 1.165) is 31.2 Å². The van der Waals surface area contributed by atoms with Gasteiger partial charge in [-0.05, 0) is 37.5 Å². The predicted molar refractivity (Wildman–Crippen MR) is 98.5 cm³/mol. The van der Waals surface area contributed by atoms with Gasteiger partial charge in [-0.15, -0.1) is 10.2 Å². The third kappa shape index (κ3) is 4.48. The van der Waals surface area contributed by atoms with Crippen molar-refractivity contribution in [1.82, 2.24) is 25.7 Å². The third-order valence-corrected chi connectivity index (χ3v) is 5.03. The Morgan fingerprint density at radius 1 is 1.22 bits per heavy atom. The average molecular weight is 372 g/mol. The van der Waals surface area contributed by atoms with Crippen molar-refractivity contribution >= 4 is 29.3 Å². The molecule has 27 heavy (non-hydrogen) atoms. The zero-order valence-corrected chi connectivity index (χ0v) is 15.3. The third-order valence-electron chi connectivity index (χ3n) is 5.03. The predicted octanol–water partition coefficient (Wildman–Crippen LogP) is 1.96. The van der Waals surface area contributed by atoms with Crippen molar-refractivity contribution < 1.29 is 14.8 Å². The molecule has 1 aromatic carbocycles. The van der Waals surface area contributed by atoms with Crippen LogP contribution in [0.5, 0.6) is 0 Å². The van der Waals surface area contributed by atoms with Crippen molar-refractivity contribution in [2.45, 2.75) is 45.4 Å². The Labute approximate surface area is 157 Å². The number of carbonyl (C=O) groups is 2. The number of anilines is 1. The smallest absolute Gasteiger partial charge is 0.262 e. The highest BCUT2D eigenvalue weighted by molar-refractivity contribution is 5.84. The Balaban J connectivity index is 1.73. The van der Waals surface area contributed by atoms with Crippen LogP contribution in [0, 0.1) is 12.3 Å². The van der Waals surface area contributed by atoms with Gasteiger partial charge in [0, 0.05) is 0 Å². The molecule has 2 amide bonds. The highest BCUT2D eigenvalue weighted by atomic mass is 16.5. The van der Waals surface area contributed by atoms with Gasteiger partial charge < -0.3 is 0 Å². The van der Waals surface area contributed by atoms with Crippen LogP contribution < -0.4 is 10.9 Å². The van der Waals surface area contributed by atoms with Crippen molar-refractivity contribution in [3.05, 3.63) is 23.8 Å². The molecule has 1 heterocycles. The number of amides is 2. The molecule has 9 nitrogen and oxygen atoms in total. The molecule has 3 N–H and O–H groups in total. The summed E-state index contributed by atoms with van der Waals surface area (Å²) in [6.45, 7) is 1.92. The first-order chi connectivity index (χ1) is 13.0. The number of nitrogens with one attached hydrogen (secondary N) is 2. The van der Waals surface area contributed by atoms with E-state index in [1.165, 1.54) is 0 Å². The van der Waals surface area contributed by atoms with Crippen LogP contribution in [0.25, 0.3) is 11.0 Å². The first kappa shape index (κ1) is 19.0. The SMILES string of the molecule is Cc1ccc2nc(NNC(=O)C3(CN(O)C=O)CCCCCC3)nnc2c1. The van der Waals surface area contributed by atoms with Crippen LogP contribution in [-0.2, 0) is 9.59 Å². The minimum Gasteiger partial charge on any atom is -0.286 e. The summed E-state index contributed by atoms with van der Waals surface area (Å²) < 4.78 is 0. The number of aromatic nitrogens is 3. The molecular weight excluding hydrogens is 348 g/mol. The number of fused-ring (bicyclic) bond motifs is 1. The van der Waals surface area contributed by atoms with Crippen LogP contribution in [-0.4, -0.2) is 44.3 Å². The van der Waals surface area contributed by atoms with Crippen molar-refractivity contribution in [2.24, 2.45) is 5.41 Å². The van der Waals surface area contributed by atoms with Crippen LogP contribution in [0.2, 0.25) is 0 Å². The van der Waals surface area contributed by atoms with Crippen LogP contribution in [0.1, 0.15) is 44.1 Å². The number of rotatable bonds is 6. The minimum absolute atomic E-state index is 0.0415. The van der Waals surface area contributed by atoms with Gasteiger partial charge in [-0.3, -0.25) is 25.6 Å². The van der Waals surface area contributed by atoms with Gasteiger partial charge in [0.25, 0.3) is 5.95 Å². The fourth-order valence-corrected chi connectivity index (χ4v) is 3.55. The van der Waals surface area contributed by atoms with Crippen molar-refractivity contribution in [3.8, 4) is 0 Å². The Bertz CT molecular complexity index is 820. The number of hydrogen-bond donors (Lipinski definition) is 3. The molecule has 0 spiro atoms. The zero-order valence-electron chi connectivity index (χ0n) is 15.3. The normalized spacial score (nSPS) is 16.4. The molecule has 1 fully saturated rings. The van der Waals surface area contributed by atoms with Gasteiger partial charge in [0.15, 0.2) is 0 Å². The summed E-state index contributed by atoms with van der Waals surface area (Å²) in [6.07, 6.45) is 5.33. The van der Waals surface area contributed by atoms with E-state index in [9.17, 15) is 14.8 Å². The second-order valence-electron chi connectivity index (χ2n) is 7.10. The minimum atomic E-state index is -0.847. The molecule has 0 radical (unpaired) electrons. The molecule has 9 heteroatoms. The van der Waals surface area contributed by atoms with Gasteiger partial charge in [0.05, 0.1) is 17.5 Å². The molecule has 1 aromatic heterocycles. The van der Waals surface area contributed by atoms with E-state index in [0.29, 0.717) is 35.3 Å². The average Bonchev–Trinajstić information content (AvgIpc) is 2.92. The Morgan fingerprint density at radius 2 is 1.96 bits per heavy atom. The highest BCUT2D eigenvalue weighted by Gasteiger charge is 2.40. The zero-order chi connectivity index (χ0) is 19.3. The first-order valence-corrected chi connectivity index (χ1v) is 9.11. The molecule has 2 aromatic rings. The lowest BCUT2D eigenvalue weighted by atomic mass is 9.79. The van der Waals surface area contributed by atoms with Gasteiger partial charge in [-0.1, -0.05) is 31.7 Å². The molecule has 1 aliphatic rings. The molecule has 0 bridgehead atoms. The van der Waals surface area contributed by atoms with Crippen molar-refractivity contribution in [3.63, 3.8) is 0 Å². The topological polar surface area (TPSA) is 120 Å². The summed E-state index contributed by atoms with van der Waals surface area (Å²) in [6, 6.07) is 5.65. The number of aryl methyl sites for hydroxylation is 1. The number of hydroxylamine groups is 2. The van der Waals surface area contributed by atoms with E-state index in [4.69, 9.17) is 0 Å². The number of nitrogens with zero attached hydrogens (tertiary/aromatic N) is 4. The largest absolute Gasteiger partial charge is 0.286 e. The Hall–Kier alpha value is -2.81. The lowest BCUT2D eigenvalue weighted by Crippen LogP contribution is -2.49. The molecule has 3 rings (SSSR count). The number of hydrazine groups is 1. The first-order valence-electron chi connectivity index (χ1n) is 9.11. The van der Waals surface area contributed by atoms with E-state index < -0.39 is 5.41 Å². The van der Waals surface area contributed by atoms with E-state index in [2.05, 4.69) is 26.0 Å². The summed E-state index contributed by atoms with van der Waals surface area (Å²) in [5.74, 6) is -0.113. The fraction of sp³-hybridized carbons (Fsp3) is 0.500. The summed E-state index contributed by atoms with van der Waals surface area (Å²) in [4.78, 5) is 28.1. The number of carbonyl (C=O) groups excluding carboxylic acids is 2. The van der Waals surface area contributed by atoms with Crippen LogP contribution >= 0.6 is 0 Å². The summed E-state index contributed by atoms with van der Waals surface area (Å²) >= 11 is 0. The summed E-state index contributed by atoms with van der Waals surface area (Å²) in [5, 5.41) is 18.3. The van der Waals surface area contributed by atoms with E-state index in [1.807, 2.05) is 25.1 Å². The highest BCUT2D eigenvalue weighted by Crippen LogP contribution is 2.35. The number of hydrogen-bond acceptors (Lipinski definition) is 7. The summed E-state index contributed by atoms with van der Waals surface area (Å²) in [7, 11) is 0. The quantitative estimate of drug-likeness (QED) is 0.307. The number of benzene rings is 1. The van der Waals surface area contributed by atoms with Crippen molar-refractivity contribution in [2.75, 3.05) is 12.0 Å². The molecule has 1 aliphatic carbocycles. The second-order valence-corrected chi connectivity index (χ2v) is 7.10. The standard InChI is InChI=1S/C18H24N6O3/c1-13-6-7-14-15(10-13)20-22-17(19-14)23-21-16(26)18(11-24(27)12-25)8-4-2-3-5-9-18/h6-7,10,12,27H,2-5,8-9,11H2,1H3,(H,21,26)(H,19,22,23). The molecule has 0 saturated heterocycles. The Morgan fingerprint density at radius 3 is 2.67 bits per heavy atom.